The van der Waals surface area contributed by atoms with Crippen LogP contribution in [0.4, 0.5) is 11.6 Å². The Kier molecular flexibility index (Phi) is 2.87. The van der Waals surface area contributed by atoms with Crippen LogP contribution in [0.25, 0.3) is 0 Å². The third-order valence-corrected chi connectivity index (χ3v) is 3.73. The first-order chi connectivity index (χ1) is 8.70. The van der Waals surface area contributed by atoms with Gasteiger partial charge in [-0.1, -0.05) is 0 Å². The molecule has 1 saturated carbocycles. The number of aromatic nitrogens is 3. The van der Waals surface area contributed by atoms with E-state index >= 15 is 0 Å². The third kappa shape index (κ3) is 2.59. The van der Waals surface area contributed by atoms with Crippen molar-refractivity contribution in [3.8, 4) is 0 Å². The molecule has 0 aliphatic heterocycles. The van der Waals surface area contributed by atoms with Gasteiger partial charge in [0, 0.05) is 23.1 Å². The summed E-state index contributed by atoms with van der Waals surface area (Å²) in [7, 11) is 0. The first kappa shape index (κ1) is 11.4. The molecular weight excluding hydrogens is 246 g/mol. The monoisotopic (exact) mass is 261 g/mol. The minimum atomic E-state index is 0.514. The lowest BCUT2D eigenvalue weighted by atomic mass is 10.3. The van der Waals surface area contributed by atoms with E-state index in [1.165, 1.54) is 17.7 Å². The van der Waals surface area contributed by atoms with Gasteiger partial charge < -0.3 is 11.1 Å². The van der Waals surface area contributed by atoms with Crippen molar-refractivity contribution in [2.75, 3.05) is 11.1 Å². The van der Waals surface area contributed by atoms with E-state index in [0.717, 1.165) is 23.2 Å². The van der Waals surface area contributed by atoms with Gasteiger partial charge in [-0.2, -0.15) is 0 Å². The molecule has 1 aliphatic carbocycles. The van der Waals surface area contributed by atoms with Crippen LogP contribution in [0.2, 0.25) is 0 Å². The minimum absolute atomic E-state index is 0.514. The quantitative estimate of drug-likeness (QED) is 0.883. The van der Waals surface area contributed by atoms with Gasteiger partial charge in [-0.05, 0) is 19.8 Å². The Balaban J connectivity index is 1.71. The van der Waals surface area contributed by atoms with Gasteiger partial charge in [0.2, 0.25) is 0 Å². The highest BCUT2D eigenvalue weighted by atomic mass is 32.1. The smallest absolute Gasteiger partial charge is 0.136 e. The lowest BCUT2D eigenvalue weighted by Crippen LogP contribution is -2.05. The SMILES string of the molecule is Cc1ncc(CNc2cc(N)nc(C3CC3)n2)s1. The lowest BCUT2D eigenvalue weighted by molar-refractivity contribution is 0.927. The van der Waals surface area contributed by atoms with E-state index in [2.05, 4.69) is 20.3 Å². The van der Waals surface area contributed by atoms with Gasteiger partial charge in [0.05, 0.1) is 11.6 Å². The predicted octanol–water partition coefficient (Wildman–Crippen LogP) is 2.31. The Morgan fingerprint density at radius 1 is 1.44 bits per heavy atom. The lowest BCUT2D eigenvalue weighted by Gasteiger charge is -2.06. The molecule has 1 aliphatic rings. The van der Waals surface area contributed by atoms with Crippen LogP contribution in [0.5, 0.6) is 0 Å². The summed E-state index contributed by atoms with van der Waals surface area (Å²) in [4.78, 5) is 14.2. The molecule has 0 amide bonds. The van der Waals surface area contributed by atoms with Crippen LogP contribution in [0.15, 0.2) is 12.3 Å². The Bertz CT molecular complexity index is 561. The van der Waals surface area contributed by atoms with E-state index in [0.29, 0.717) is 11.7 Å². The van der Waals surface area contributed by atoms with Crippen molar-refractivity contribution < 1.29 is 0 Å². The number of hydrogen-bond acceptors (Lipinski definition) is 6. The Morgan fingerprint density at radius 3 is 2.94 bits per heavy atom. The van der Waals surface area contributed by atoms with Crippen molar-refractivity contribution in [3.63, 3.8) is 0 Å². The summed E-state index contributed by atoms with van der Waals surface area (Å²) in [6.45, 7) is 2.73. The average Bonchev–Trinajstić information content (AvgIpc) is 3.10. The standard InChI is InChI=1S/C12H15N5S/c1-7-14-5-9(18-7)6-15-11-4-10(13)16-12(17-11)8-2-3-8/h4-5,8H,2-3,6H2,1H3,(H3,13,15,16,17). The summed E-state index contributed by atoms with van der Waals surface area (Å²) < 4.78 is 0. The summed E-state index contributed by atoms with van der Waals surface area (Å²) in [6.07, 6.45) is 4.24. The zero-order valence-electron chi connectivity index (χ0n) is 10.2. The highest BCUT2D eigenvalue weighted by Crippen LogP contribution is 2.38. The molecular formula is C12H15N5S. The molecule has 0 atom stereocenters. The molecule has 0 unspecified atom stereocenters. The maximum Gasteiger partial charge on any atom is 0.136 e. The molecule has 1 fully saturated rings. The largest absolute Gasteiger partial charge is 0.384 e. The molecule has 0 saturated heterocycles. The molecule has 0 radical (unpaired) electrons. The maximum absolute atomic E-state index is 5.80. The fourth-order valence-electron chi connectivity index (χ4n) is 1.76. The molecule has 18 heavy (non-hydrogen) atoms. The fraction of sp³-hybridized carbons (Fsp3) is 0.417. The zero-order valence-corrected chi connectivity index (χ0v) is 11.0. The van der Waals surface area contributed by atoms with Crippen molar-refractivity contribution >= 4 is 23.0 Å². The van der Waals surface area contributed by atoms with Crippen molar-refractivity contribution in [3.05, 3.63) is 28.0 Å². The molecule has 0 spiro atoms. The van der Waals surface area contributed by atoms with Crippen LogP contribution in [-0.2, 0) is 6.54 Å². The van der Waals surface area contributed by atoms with Crippen LogP contribution in [0.3, 0.4) is 0 Å². The van der Waals surface area contributed by atoms with E-state index in [9.17, 15) is 0 Å². The number of rotatable bonds is 4. The van der Waals surface area contributed by atoms with Crippen LogP contribution in [0, 0.1) is 6.92 Å². The number of thiazole rings is 1. The Labute approximate surface area is 109 Å². The number of nitrogen functional groups attached to an aromatic ring is 1. The summed E-state index contributed by atoms with van der Waals surface area (Å²) in [6, 6.07) is 1.78. The van der Waals surface area contributed by atoms with E-state index in [-0.39, 0.29) is 0 Å². The van der Waals surface area contributed by atoms with Gasteiger partial charge in [0.25, 0.3) is 0 Å². The molecule has 2 aromatic rings. The number of nitrogens with one attached hydrogen (secondary N) is 1. The second-order valence-corrected chi connectivity index (χ2v) is 5.83. The van der Waals surface area contributed by atoms with Crippen LogP contribution < -0.4 is 11.1 Å². The fourth-order valence-corrected chi connectivity index (χ4v) is 2.50. The third-order valence-electron chi connectivity index (χ3n) is 2.82. The summed E-state index contributed by atoms with van der Waals surface area (Å²) >= 11 is 1.69. The molecule has 5 nitrogen and oxygen atoms in total. The van der Waals surface area contributed by atoms with E-state index in [4.69, 9.17) is 5.73 Å². The average molecular weight is 261 g/mol. The number of nitrogens with two attached hydrogens (primary N) is 1. The summed E-state index contributed by atoms with van der Waals surface area (Å²) in [5.74, 6) is 2.73. The van der Waals surface area contributed by atoms with Crippen LogP contribution >= 0.6 is 11.3 Å². The molecule has 6 heteroatoms. The molecule has 0 bridgehead atoms. The summed E-state index contributed by atoms with van der Waals surface area (Å²) in [5.41, 5.74) is 5.80. The van der Waals surface area contributed by atoms with Crippen LogP contribution in [-0.4, -0.2) is 15.0 Å². The molecule has 94 valence electrons. The molecule has 3 rings (SSSR count). The van der Waals surface area contributed by atoms with E-state index < -0.39 is 0 Å². The molecule has 3 N–H and O–H groups in total. The first-order valence-electron chi connectivity index (χ1n) is 6.00. The Hall–Kier alpha value is -1.69. The van der Waals surface area contributed by atoms with Crippen molar-refractivity contribution in [1.29, 1.82) is 0 Å². The molecule has 2 heterocycles. The van der Waals surface area contributed by atoms with Gasteiger partial charge in [-0.15, -0.1) is 11.3 Å². The van der Waals surface area contributed by atoms with Gasteiger partial charge in [0.15, 0.2) is 0 Å². The van der Waals surface area contributed by atoms with Crippen molar-refractivity contribution in [1.82, 2.24) is 15.0 Å². The molecule has 2 aromatic heterocycles. The van der Waals surface area contributed by atoms with Crippen molar-refractivity contribution in [2.45, 2.75) is 32.2 Å². The van der Waals surface area contributed by atoms with E-state index in [1.807, 2.05) is 13.1 Å². The zero-order chi connectivity index (χ0) is 12.5. The van der Waals surface area contributed by atoms with Gasteiger partial charge in [0.1, 0.15) is 17.5 Å². The minimum Gasteiger partial charge on any atom is -0.384 e. The Morgan fingerprint density at radius 2 is 2.28 bits per heavy atom. The number of hydrogen-bond donors (Lipinski definition) is 2. The van der Waals surface area contributed by atoms with Gasteiger partial charge in [-0.25, -0.2) is 15.0 Å². The number of anilines is 2. The second-order valence-electron chi connectivity index (χ2n) is 4.51. The molecule has 0 aromatic carbocycles. The van der Waals surface area contributed by atoms with Gasteiger partial charge in [-0.3, -0.25) is 0 Å². The van der Waals surface area contributed by atoms with Crippen molar-refractivity contribution in [2.24, 2.45) is 0 Å². The highest BCUT2D eigenvalue weighted by molar-refractivity contribution is 7.11. The van der Waals surface area contributed by atoms with Crippen LogP contribution in [0.1, 0.15) is 34.5 Å². The topological polar surface area (TPSA) is 76.7 Å². The van der Waals surface area contributed by atoms with E-state index in [1.54, 1.807) is 17.4 Å². The summed E-state index contributed by atoms with van der Waals surface area (Å²) in [5, 5.41) is 4.35. The highest BCUT2D eigenvalue weighted by Gasteiger charge is 2.27. The van der Waals surface area contributed by atoms with Gasteiger partial charge >= 0.3 is 0 Å². The normalized spacial score (nSPS) is 14.7. The maximum atomic E-state index is 5.80. The second kappa shape index (κ2) is 4.53. The predicted molar refractivity (Wildman–Crippen MR) is 72.6 cm³/mol. The number of aryl methyl sites for hydroxylation is 1. The first-order valence-corrected chi connectivity index (χ1v) is 6.82. The number of nitrogens with zero attached hydrogens (tertiary/aromatic N) is 3.